The van der Waals surface area contributed by atoms with Gasteiger partial charge in [0.15, 0.2) is 0 Å². The second-order valence-electron chi connectivity index (χ2n) is 3.61. The smallest absolute Gasteiger partial charge is 0.337 e. The molecule has 0 aromatic heterocycles. The lowest BCUT2D eigenvalue weighted by Gasteiger charge is -2.11. The molecule has 0 unspecified atom stereocenters. The van der Waals surface area contributed by atoms with Crippen LogP contribution >= 0.6 is 31.9 Å². The lowest BCUT2D eigenvalue weighted by molar-refractivity contribution is -0.117. The molecule has 0 radical (unpaired) electrons. The first-order valence-electron chi connectivity index (χ1n) is 5.55. The molecule has 1 aromatic carbocycles. The minimum atomic E-state index is -1.11. The monoisotopic (exact) mass is 393 g/mol. The average Bonchev–Trinajstić information content (AvgIpc) is 2.32. The van der Waals surface area contributed by atoms with Crippen LogP contribution in [0.5, 0.6) is 0 Å². The van der Waals surface area contributed by atoms with Crippen molar-refractivity contribution in [3.8, 4) is 0 Å². The highest BCUT2D eigenvalue weighted by molar-refractivity contribution is 9.11. The van der Waals surface area contributed by atoms with Gasteiger partial charge in [0, 0.05) is 15.6 Å². The van der Waals surface area contributed by atoms with E-state index in [0.717, 1.165) is 0 Å². The molecular formula is C12H13Br2NO4. The molecule has 1 aromatic rings. The van der Waals surface area contributed by atoms with Gasteiger partial charge in [-0.3, -0.25) is 4.79 Å². The summed E-state index contributed by atoms with van der Waals surface area (Å²) in [6.07, 6.45) is 0.176. The third-order valence-electron chi connectivity index (χ3n) is 2.23. The van der Waals surface area contributed by atoms with Gasteiger partial charge in [-0.05, 0) is 35.0 Å². The summed E-state index contributed by atoms with van der Waals surface area (Å²) in [5.41, 5.74) is 0.267. The molecule has 0 saturated heterocycles. The van der Waals surface area contributed by atoms with Gasteiger partial charge < -0.3 is 15.2 Å². The Bertz CT molecular complexity index is 491. The van der Waals surface area contributed by atoms with Crippen molar-refractivity contribution in [2.75, 3.05) is 18.5 Å². The summed E-state index contributed by atoms with van der Waals surface area (Å²) >= 11 is 6.44. The Morgan fingerprint density at radius 1 is 1.37 bits per heavy atom. The van der Waals surface area contributed by atoms with Crippen LogP contribution in [0.1, 0.15) is 23.7 Å². The number of ether oxygens (including phenoxy) is 1. The molecule has 0 spiro atoms. The molecule has 1 rings (SSSR count). The van der Waals surface area contributed by atoms with Crippen LogP contribution in [0, 0.1) is 0 Å². The normalized spacial score (nSPS) is 10.3. The second kappa shape index (κ2) is 7.62. The number of carbonyl (C=O) groups excluding carboxylic acids is 1. The molecule has 0 atom stereocenters. The number of amides is 1. The number of anilines is 1. The molecule has 0 aliphatic rings. The zero-order chi connectivity index (χ0) is 14.4. The van der Waals surface area contributed by atoms with Crippen LogP contribution in [-0.4, -0.2) is 30.2 Å². The molecule has 1 amide bonds. The molecule has 0 saturated carbocycles. The molecule has 0 fully saturated rings. The predicted molar refractivity (Wildman–Crippen MR) is 78.5 cm³/mol. The van der Waals surface area contributed by atoms with Gasteiger partial charge in [0.05, 0.1) is 24.3 Å². The Balaban J connectivity index is 2.88. The van der Waals surface area contributed by atoms with E-state index in [2.05, 4.69) is 37.2 Å². The number of carbonyl (C=O) groups is 2. The van der Waals surface area contributed by atoms with E-state index >= 15 is 0 Å². The third kappa shape index (κ3) is 4.93. The van der Waals surface area contributed by atoms with Crippen molar-refractivity contribution in [2.45, 2.75) is 13.3 Å². The van der Waals surface area contributed by atoms with Crippen LogP contribution in [0.25, 0.3) is 0 Å². The van der Waals surface area contributed by atoms with Crippen LogP contribution in [0.4, 0.5) is 5.69 Å². The number of halogens is 2. The van der Waals surface area contributed by atoms with Crippen LogP contribution in [0.3, 0.4) is 0 Å². The van der Waals surface area contributed by atoms with Gasteiger partial charge in [-0.25, -0.2) is 4.79 Å². The molecule has 0 bridgehead atoms. The highest BCUT2D eigenvalue weighted by atomic mass is 79.9. The maximum atomic E-state index is 11.7. The maximum absolute atomic E-state index is 11.7. The molecule has 0 aliphatic heterocycles. The maximum Gasteiger partial charge on any atom is 0.337 e. The van der Waals surface area contributed by atoms with Gasteiger partial charge in [0.25, 0.3) is 0 Å². The summed E-state index contributed by atoms with van der Waals surface area (Å²) in [6.45, 7) is 2.68. The Hall–Kier alpha value is -0.920. The van der Waals surface area contributed by atoms with E-state index in [9.17, 15) is 9.59 Å². The van der Waals surface area contributed by atoms with Crippen molar-refractivity contribution in [1.29, 1.82) is 0 Å². The summed E-state index contributed by atoms with van der Waals surface area (Å²) in [6, 6.07) is 3.11. The molecule has 0 aliphatic carbocycles. The van der Waals surface area contributed by atoms with E-state index in [-0.39, 0.29) is 23.6 Å². The van der Waals surface area contributed by atoms with E-state index in [4.69, 9.17) is 9.84 Å². The summed E-state index contributed by atoms with van der Waals surface area (Å²) in [5.74, 6) is -1.40. The minimum absolute atomic E-state index is 0.0195. The molecule has 104 valence electrons. The third-order valence-corrected chi connectivity index (χ3v) is 3.31. The Morgan fingerprint density at radius 2 is 2.05 bits per heavy atom. The van der Waals surface area contributed by atoms with E-state index in [0.29, 0.717) is 22.2 Å². The number of carboxylic acids is 1. The molecule has 2 N–H and O–H groups in total. The summed E-state index contributed by atoms with van der Waals surface area (Å²) < 4.78 is 6.19. The zero-order valence-corrected chi connectivity index (χ0v) is 13.4. The summed E-state index contributed by atoms with van der Waals surface area (Å²) in [4.78, 5) is 22.8. The lowest BCUT2D eigenvalue weighted by Crippen LogP contribution is -2.17. The van der Waals surface area contributed by atoms with Gasteiger partial charge in [-0.1, -0.05) is 15.9 Å². The van der Waals surface area contributed by atoms with Crippen LogP contribution in [-0.2, 0) is 9.53 Å². The Labute approximate surface area is 127 Å². The Kier molecular flexibility index (Phi) is 6.47. The SMILES string of the molecule is CCOCCC(=O)Nc1c(Br)cc(Br)cc1C(=O)O. The molecule has 0 heterocycles. The second-order valence-corrected chi connectivity index (χ2v) is 5.38. The predicted octanol–water partition coefficient (Wildman–Crippen LogP) is 3.27. The molecule has 7 heteroatoms. The van der Waals surface area contributed by atoms with Crippen LogP contribution in [0.15, 0.2) is 21.1 Å². The van der Waals surface area contributed by atoms with E-state index in [1.807, 2.05) is 6.92 Å². The van der Waals surface area contributed by atoms with Crippen molar-refractivity contribution in [2.24, 2.45) is 0 Å². The van der Waals surface area contributed by atoms with Gasteiger partial charge >= 0.3 is 5.97 Å². The number of benzene rings is 1. The highest BCUT2D eigenvalue weighted by Gasteiger charge is 2.16. The fourth-order valence-electron chi connectivity index (χ4n) is 1.38. The molecule has 5 nitrogen and oxygen atoms in total. The lowest BCUT2D eigenvalue weighted by atomic mass is 10.1. The van der Waals surface area contributed by atoms with Gasteiger partial charge in [0.2, 0.25) is 5.91 Å². The van der Waals surface area contributed by atoms with Crippen LogP contribution < -0.4 is 5.32 Å². The number of rotatable bonds is 6. The number of hydrogen-bond donors (Lipinski definition) is 2. The number of carboxylic acid groups (broad SMARTS) is 1. The standard InChI is InChI=1S/C12H13Br2NO4/c1-2-19-4-3-10(16)15-11-8(12(17)18)5-7(13)6-9(11)14/h5-6H,2-4H2,1H3,(H,15,16)(H,17,18). The van der Waals surface area contributed by atoms with Crippen molar-refractivity contribution in [3.05, 3.63) is 26.6 Å². The van der Waals surface area contributed by atoms with Crippen molar-refractivity contribution >= 4 is 49.4 Å². The zero-order valence-electron chi connectivity index (χ0n) is 10.2. The number of nitrogens with one attached hydrogen (secondary N) is 1. The van der Waals surface area contributed by atoms with Gasteiger partial charge in [-0.15, -0.1) is 0 Å². The van der Waals surface area contributed by atoms with Gasteiger partial charge in [0.1, 0.15) is 0 Å². The van der Waals surface area contributed by atoms with E-state index in [1.54, 1.807) is 6.07 Å². The Morgan fingerprint density at radius 3 is 2.63 bits per heavy atom. The van der Waals surface area contributed by atoms with Gasteiger partial charge in [-0.2, -0.15) is 0 Å². The van der Waals surface area contributed by atoms with Crippen LogP contribution in [0.2, 0.25) is 0 Å². The first-order valence-corrected chi connectivity index (χ1v) is 7.14. The summed E-state index contributed by atoms with van der Waals surface area (Å²) in [7, 11) is 0. The first-order chi connectivity index (χ1) is 8.95. The minimum Gasteiger partial charge on any atom is -0.478 e. The summed E-state index contributed by atoms with van der Waals surface area (Å²) in [5, 5.41) is 11.7. The fourth-order valence-corrected chi connectivity index (χ4v) is 2.70. The number of hydrogen-bond acceptors (Lipinski definition) is 3. The largest absolute Gasteiger partial charge is 0.478 e. The molecular weight excluding hydrogens is 382 g/mol. The average molecular weight is 395 g/mol. The van der Waals surface area contributed by atoms with E-state index < -0.39 is 5.97 Å². The quantitative estimate of drug-likeness (QED) is 0.726. The number of aromatic carboxylic acids is 1. The van der Waals surface area contributed by atoms with Crippen molar-refractivity contribution in [1.82, 2.24) is 0 Å². The highest BCUT2D eigenvalue weighted by Crippen LogP contribution is 2.31. The van der Waals surface area contributed by atoms with Crippen molar-refractivity contribution in [3.63, 3.8) is 0 Å². The van der Waals surface area contributed by atoms with Crippen molar-refractivity contribution < 1.29 is 19.4 Å². The molecule has 19 heavy (non-hydrogen) atoms. The fraction of sp³-hybridized carbons (Fsp3) is 0.333. The van der Waals surface area contributed by atoms with E-state index in [1.165, 1.54) is 6.07 Å². The first kappa shape index (κ1) is 16.1. The topological polar surface area (TPSA) is 75.6 Å².